The number of ether oxygens (including phenoxy) is 1. The number of thiophene rings is 1. The highest BCUT2D eigenvalue weighted by molar-refractivity contribution is 7.18. The van der Waals surface area contributed by atoms with Crippen LogP contribution < -0.4 is 10.2 Å². The Bertz CT molecular complexity index is 916. The molecule has 1 fully saturated rings. The van der Waals surface area contributed by atoms with Crippen molar-refractivity contribution in [3.05, 3.63) is 51.2 Å². The maximum absolute atomic E-state index is 12.5. The highest BCUT2D eigenvalue weighted by Gasteiger charge is 2.28. The summed E-state index contributed by atoms with van der Waals surface area (Å²) >= 11 is 7.32. The third-order valence-electron chi connectivity index (χ3n) is 5.22. The molecule has 0 bridgehead atoms. The second-order valence-corrected chi connectivity index (χ2v) is 9.20. The summed E-state index contributed by atoms with van der Waals surface area (Å²) in [5, 5.41) is 4.12. The minimum Gasteiger partial charge on any atom is -0.484 e. The molecule has 2 amide bonds. The van der Waals surface area contributed by atoms with Crippen LogP contribution in [-0.2, 0) is 4.79 Å². The largest absolute Gasteiger partial charge is 0.484 e. The van der Waals surface area contributed by atoms with Crippen LogP contribution in [0.5, 0.6) is 5.75 Å². The average Bonchev–Trinajstić information content (AvgIpc) is 3.17. The highest BCUT2D eigenvalue weighted by atomic mass is 35.5. The Kier molecular flexibility index (Phi) is 7.50. The zero-order valence-corrected chi connectivity index (χ0v) is 18.9. The summed E-state index contributed by atoms with van der Waals surface area (Å²) in [6, 6.07) is 10.8. The van der Waals surface area contributed by atoms with E-state index in [4.69, 9.17) is 16.3 Å². The van der Waals surface area contributed by atoms with E-state index in [0.717, 1.165) is 24.1 Å². The topological polar surface area (TPSA) is 71.0 Å². The van der Waals surface area contributed by atoms with Crippen LogP contribution >= 0.6 is 22.9 Å². The standard InChI is InChI=1S/C22H26ClN3O3S/c1-14-5-4-6-15(2)26(14)21(27)13-29-18-9-7-17(8-10-18)22(28)25-24-16(3)19-11-12-20(23)30-19/h7-12,14-15H,4-6,13H2,1-3H3,(H,25,28). The molecule has 1 aromatic carbocycles. The van der Waals surface area contributed by atoms with Crippen LogP contribution in [0.25, 0.3) is 0 Å². The first-order valence-corrected chi connectivity index (χ1v) is 11.2. The van der Waals surface area contributed by atoms with Crippen molar-refractivity contribution < 1.29 is 14.3 Å². The van der Waals surface area contributed by atoms with Crippen LogP contribution in [0.15, 0.2) is 41.5 Å². The molecule has 2 unspecified atom stereocenters. The number of amides is 2. The maximum Gasteiger partial charge on any atom is 0.271 e. The molecule has 1 aromatic heterocycles. The van der Waals surface area contributed by atoms with Crippen molar-refractivity contribution in [3.8, 4) is 5.75 Å². The molecule has 2 atom stereocenters. The first-order valence-electron chi connectivity index (χ1n) is 9.99. The van der Waals surface area contributed by atoms with Crippen LogP contribution in [0, 0.1) is 0 Å². The predicted octanol–water partition coefficient (Wildman–Crippen LogP) is 4.72. The van der Waals surface area contributed by atoms with E-state index in [1.807, 2.05) is 11.0 Å². The Morgan fingerprint density at radius 2 is 1.83 bits per heavy atom. The molecular weight excluding hydrogens is 422 g/mol. The lowest BCUT2D eigenvalue weighted by Gasteiger charge is -2.38. The van der Waals surface area contributed by atoms with Gasteiger partial charge in [-0.2, -0.15) is 5.10 Å². The van der Waals surface area contributed by atoms with Gasteiger partial charge in [0.25, 0.3) is 11.8 Å². The van der Waals surface area contributed by atoms with Crippen LogP contribution in [0.1, 0.15) is 55.3 Å². The van der Waals surface area contributed by atoms with E-state index in [-0.39, 0.29) is 30.5 Å². The van der Waals surface area contributed by atoms with E-state index in [1.54, 1.807) is 37.3 Å². The zero-order valence-electron chi connectivity index (χ0n) is 17.4. The first-order chi connectivity index (χ1) is 14.3. The smallest absolute Gasteiger partial charge is 0.271 e. The number of halogens is 1. The molecule has 0 aliphatic carbocycles. The fourth-order valence-corrected chi connectivity index (χ4v) is 4.59. The fraction of sp³-hybridized carbons (Fsp3) is 0.409. The summed E-state index contributed by atoms with van der Waals surface area (Å²) in [6.45, 7) is 5.96. The molecule has 160 valence electrons. The summed E-state index contributed by atoms with van der Waals surface area (Å²) in [5.41, 5.74) is 3.67. The van der Waals surface area contributed by atoms with E-state index in [2.05, 4.69) is 24.4 Å². The molecule has 1 aliphatic rings. The van der Waals surface area contributed by atoms with Gasteiger partial charge in [0.1, 0.15) is 5.75 Å². The molecule has 1 N–H and O–H groups in total. The fourth-order valence-electron chi connectivity index (χ4n) is 3.60. The molecule has 0 spiro atoms. The van der Waals surface area contributed by atoms with Gasteiger partial charge in [-0.25, -0.2) is 5.43 Å². The average molecular weight is 448 g/mol. The van der Waals surface area contributed by atoms with Gasteiger partial charge in [0, 0.05) is 17.6 Å². The van der Waals surface area contributed by atoms with Gasteiger partial charge in [0.15, 0.2) is 6.61 Å². The van der Waals surface area contributed by atoms with E-state index >= 15 is 0 Å². The van der Waals surface area contributed by atoms with Gasteiger partial charge >= 0.3 is 0 Å². The van der Waals surface area contributed by atoms with E-state index in [1.165, 1.54) is 11.3 Å². The highest BCUT2D eigenvalue weighted by Crippen LogP contribution is 2.23. The number of carbonyl (C=O) groups excluding carboxylic acids is 2. The lowest BCUT2D eigenvalue weighted by molar-refractivity contribution is -0.139. The van der Waals surface area contributed by atoms with Gasteiger partial charge in [-0.15, -0.1) is 11.3 Å². The molecule has 6 nitrogen and oxygen atoms in total. The third kappa shape index (κ3) is 5.61. The summed E-state index contributed by atoms with van der Waals surface area (Å²) in [7, 11) is 0. The second kappa shape index (κ2) is 10.1. The molecule has 30 heavy (non-hydrogen) atoms. The van der Waals surface area contributed by atoms with Crippen molar-refractivity contribution in [2.45, 2.75) is 52.1 Å². The van der Waals surface area contributed by atoms with Crippen LogP contribution in [0.2, 0.25) is 4.34 Å². The van der Waals surface area contributed by atoms with Gasteiger partial charge in [0.05, 0.1) is 14.9 Å². The Morgan fingerprint density at radius 1 is 1.17 bits per heavy atom. The van der Waals surface area contributed by atoms with Gasteiger partial charge in [-0.1, -0.05) is 11.6 Å². The van der Waals surface area contributed by atoms with Crippen molar-refractivity contribution in [2.24, 2.45) is 5.10 Å². The van der Waals surface area contributed by atoms with Crippen LogP contribution in [0.3, 0.4) is 0 Å². The molecule has 0 saturated carbocycles. The van der Waals surface area contributed by atoms with Crippen LogP contribution in [-0.4, -0.2) is 41.1 Å². The van der Waals surface area contributed by atoms with E-state index < -0.39 is 0 Å². The van der Waals surface area contributed by atoms with Crippen molar-refractivity contribution in [1.29, 1.82) is 0 Å². The molecule has 2 heterocycles. The Morgan fingerprint density at radius 3 is 2.43 bits per heavy atom. The third-order valence-corrected chi connectivity index (χ3v) is 6.56. The number of hydrazone groups is 1. The minimum absolute atomic E-state index is 0.00462. The van der Waals surface area contributed by atoms with E-state index in [9.17, 15) is 9.59 Å². The Balaban J connectivity index is 1.53. The molecule has 1 aliphatic heterocycles. The van der Waals surface area contributed by atoms with Crippen molar-refractivity contribution >= 4 is 40.5 Å². The second-order valence-electron chi connectivity index (χ2n) is 7.48. The predicted molar refractivity (Wildman–Crippen MR) is 121 cm³/mol. The zero-order chi connectivity index (χ0) is 21.7. The van der Waals surface area contributed by atoms with E-state index in [0.29, 0.717) is 21.4 Å². The monoisotopic (exact) mass is 447 g/mol. The molecule has 3 rings (SSSR count). The number of benzene rings is 1. The Labute approximate surface area is 185 Å². The van der Waals surface area contributed by atoms with Crippen LogP contribution in [0.4, 0.5) is 0 Å². The summed E-state index contributed by atoms with van der Waals surface area (Å²) in [6.07, 6.45) is 3.21. The lowest BCUT2D eigenvalue weighted by atomic mass is 9.97. The van der Waals surface area contributed by atoms with Gasteiger partial charge in [0.2, 0.25) is 0 Å². The molecule has 2 aromatic rings. The number of rotatable bonds is 6. The molecule has 1 saturated heterocycles. The minimum atomic E-state index is -0.324. The van der Waals surface area contributed by atoms with Gasteiger partial charge in [-0.3, -0.25) is 9.59 Å². The summed E-state index contributed by atoms with van der Waals surface area (Å²) in [5.74, 6) is 0.218. The Hall–Kier alpha value is -2.38. The number of likely N-dealkylation sites (tertiary alicyclic amines) is 1. The number of carbonyl (C=O) groups is 2. The number of nitrogens with zero attached hydrogens (tertiary/aromatic N) is 2. The van der Waals surface area contributed by atoms with Gasteiger partial charge in [-0.05, 0) is 76.4 Å². The number of nitrogens with one attached hydrogen (secondary N) is 1. The van der Waals surface area contributed by atoms with Crippen molar-refractivity contribution in [3.63, 3.8) is 0 Å². The number of hydrogen-bond donors (Lipinski definition) is 1. The summed E-state index contributed by atoms with van der Waals surface area (Å²) < 4.78 is 6.32. The quantitative estimate of drug-likeness (QED) is 0.514. The lowest BCUT2D eigenvalue weighted by Crippen LogP contribution is -2.49. The SMILES string of the molecule is CC(=NNC(=O)c1ccc(OCC(=O)N2C(C)CCCC2C)cc1)c1ccc(Cl)s1. The number of hydrogen-bond acceptors (Lipinski definition) is 5. The molecule has 0 radical (unpaired) electrons. The summed E-state index contributed by atoms with van der Waals surface area (Å²) in [4.78, 5) is 27.7. The molecular formula is C22H26ClN3O3S. The normalized spacial score (nSPS) is 19.5. The molecule has 8 heteroatoms. The van der Waals surface area contributed by atoms with Gasteiger partial charge < -0.3 is 9.64 Å². The van der Waals surface area contributed by atoms with Crippen molar-refractivity contribution in [2.75, 3.05) is 6.61 Å². The van der Waals surface area contributed by atoms with Crippen molar-refractivity contribution in [1.82, 2.24) is 10.3 Å². The first kappa shape index (κ1) is 22.3. The number of piperidine rings is 1. The maximum atomic E-state index is 12.5.